The Morgan fingerprint density at radius 1 is 0.818 bits per heavy atom. The molecule has 116 valence electrons. The first-order chi connectivity index (χ1) is 10.3. The van der Waals surface area contributed by atoms with Crippen molar-refractivity contribution < 1.29 is 35.9 Å². The van der Waals surface area contributed by atoms with E-state index in [1.54, 1.807) is 0 Å². The lowest BCUT2D eigenvalue weighted by Gasteiger charge is -2.09. The van der Waals surface area contributed by atoms with E-state index in [-0.39, 0.29) is 5.56 Å². The van der Waals surface area contributed by atoms with Crippen LogP contribution >= 0.6 is 0 Å². The highest BCUT2D eigenvalue weighted by atomic mass is 19.2. The van der Waals surface area contributed by atoms with Gasteiger partial charge in [0.1, 0.15) is 5.82 Å². The molecule has 0 atom stereocenters. The normalized spacial score (nSPS) is 10.6. The van der Waals surface area contributed by atoms with Gasteiger partial charge in [-0.2, -0.15) is 8.78 Å². The average molecular weight is 320 g/mol. The van der Waals surface area contributed by atoms with Gasteiger partial charge in [-0.25, -0.2) is 17.6 Å². The molecular formula is C14H6F6O2. The van der Waals surface area contributed by atoms with Crippen LogP contribution in [0.2, 0.25) is 0 Å². The monoisotopic (exact) mass is 320 g/mol. The summed E-state index contributed by atoms with van der Waals surface area (Å²) in [6, 6.07) is 4.97. The summed E-state index contributed by atoms with van der Waals surface area (Å²) in [4.78, 5) is 11.5. The van der Waals surface area contributed by atoms with Crippen LogP contribution in [0.4, 0.5) is 26.3 Å². The standard InChI is InChI=1S/C14H6F6O2/c15-7-4-2-1-3-6(7)5-8(21)22-14-12(19)10(17)9(16)11(18)13(14)20/h1-4H,5H2. The molecule has 0 amide bonds. The summed E-state index contributed by atoms with van der Waals surface area (Å²) in [5.41, 5.74) is -0.156. The molecule has 0 aromatic heterocycles. The first-order valence-corrected chi connectivity index (χ1v) is 5.78. The number of carbonyl (C=O) groups is 1. The molecule has 2 aromatic rings. The SMILES string of the molecule is O=C(Cc1ccccc1F)Oc1c(F)c(F)c(F)c(F)c1F. The van der Waals surface area contributed by atoms with Gasteiger partial charge in [0.15, 0.2) is 0 Å². The fraction of sp³-hybridized carbons (Fsp3) is 0.0714. The second-order valence-electron chi connectivity index (χ2n) is 4.14. The second-order valence-corrected chi connectivity index (χ2v) is 4.14. The zero-order chi connectivity index (χ0) is 16.4. The number of ether oxygens (including phenoxy) is 1. The van der Waals surface area contributed by atoms with Gasteiger partial charge >= 0.3 is 5.97 Å². The Balaban J connectivity index is 2.28. The molecule has 0 bridgehead atoms. The Labute approximate surface area is 119 Å². The summed E-state index contributed by atoms with van der Waals surface area (Å²) >= 11 is 0. The average Bonchev–Trinajstić information content (AvgIpc) is 2.50. The van der Waals surface area contributed by atoms with Crippen LogP contribution in [0.25, 0.3) is 0 Å². The quantitative estimate of drug-likeness (QED) is 0.284. The van der Waals surface area contributed by atoms with Crippen LogP contribution in [0.3, 0.4) is 0 Å². The van der Waals surface area contributed by atoms with E-state index in [1.807, 2.05) is 0 Å². The Bertz CT molecular complexity index is 715. The number of carbonyl (C=O) groups excluding carboxylic acids is 1. The van der Waals surface area contributed by atoms with Crippen molar-refractivity contribution in [1.29, 1.82) is 0 Å². The Morgan fingerprint density at radius 3 is 1.86 bits per heavy atom. The number of halogens is 6. The highest BCUT2D eigenvalue weighted by molar-refractivity contribution is 5.75. The summed E-state index contributed by atoms with van der Waals surface area (Å²) < 4.78 is 82.8. The molecule has 0 N–H and O–H groups in total. The Kier molecular flexibility index (Phi) is 4.39. The molecule has 0 heterocycles. The maximum atomic E-state index is 13.3. The molecule has 2 aromatic carbocycles. The molecule has 0 saturated heterocycles. The molecular weight excluding hydrogens is 314 g/mol. The molecule has 0 unspecified atom stereocenters. The molecule has 0 radical (unpaired) electrons. The summed E-state index contributed by atoms with van der Waals surface area (Å²) in [5.74, 6) is -15.3. The fourth-order valence-electron chi connectivity index (χ4n) is 1.62. The molecule has 0 aliphatic rings. The third-order valence-corrected chi connectivity index (χ3v) is 2.68. The second kappa shape index (κ2) is 6.08. The van der Waals surface area contributed by atoms with Crippen molar-refractivity contribution in [2.75, 3.05) is 0 Å². The number of hydrogen-bond donors (Lipinski definition) is 0. The lowest BCUT2D eigenvalue weighted by Crippen LogP contribution is -2.16. The Morgan fingerprint density at radius 2 is 1.32 bits per heavy atom. The number of benzene rings is 2. The maximum absolute atomic E-state index is 13.3. The topological polar surface area (TPSA) is 26.3 Å². The largest absolute Gasteiger partial charge is 0.420 e. The molecule has 0 aliphatic heterocycles. The summed E-state index contributed by atoms with van der Waals surface area (Å²) in [7, 11) is 0. The van der Waals surface area contributed by atoms with E-state index in [0.717, 1.165) is 6.07 Å². The predicted molar refractivity (Wildman–Crippen MR) is 62.0 cm³/mol. The van der Waals surface area contributed by atoms with Crippen molar-refractivity contribution >= 4 is 5.97 Å². The van der Waals surface area contributed by atoms with E-state index in [4.69, 9.17) is 0 Å². The first kappa shape index (κ1) is 15.9. The predicted octanol–water partition coefficient (Wildman–Crippen LogP) is 3.67. The van der Waals surface area contributed by atoms with Crippen LogP contribution in [0, 0.1) is 34.9 Å². The minimum atomic E-state index is -2.37. The van der Waals surface area contributed by atoms with Gasteiger partial charge in [0.2, 0.25) is 34.8 Å². The highest BCUT2D eigenvalue weighted by Gasteiger charge is 2.28. The van der Waals surface area contributed by atoms with E-state index in [9.17, 15) is 31.1 Å². The van der Waals surface area contributed by atoms with Crippen molar-refractivity contribution in [2.45, 2.75) is 6.42 Å². The van der Waals surface area contributed by atoms with Gasteiger partial charge in [0.05, 0.1) is 6.42 Å². The lowest BCUT2D eigenvalue weighted by molar-refractivity contribution is -0.134. The van der Waals surface area contributed by atoms with Gasteiger partial charge in [-0.3, -0.25) is 4.79 Å². The van der Waals surface area contributed by atoms with Crippen LogP contribution in [0.5, 0.6) is 5.75 Å². The van der Waals surface area contributed by atoms with Gasteiger partial charge in [-0.1, -0.05) is 18.2 Å². The third-order valence-electron chi connectivity index (χ3n) is 2.68. The minimum absolute atomic E-state index is 0.156. The van der Waals surface area contributed by atoms with Crippen molar-refractivity contribution in [1.82, 2.24) is 0 Å². The molecule has 0 fully saturated rings. The van der Waals surface area contributed by atoms with Crippen LogP contribution < -0.4 is 4.74 Å². The van der Waals surface area contributed by atoms with Crippen molar-refractivity contribution in [3.63, 3.8) is 0 Å². The van der Waals surface area contributed by atoms with Crippen LogP contribution in [-0.2, 0) is 11.2 Å². The minimum Gasteiger partial charge on any atom is -0.420 e. The highest BCUT2D eigenvalue weighted by Crippen LogP contribution is 2.29. The van der Waals surface area contributed by atoms with Crippen LogP contribution in [0.15, 0.2) is 24.3 Å². The van der Waals surface area contributed by atoms with Crippen molar-refractivity contribution in [3.05, 3.63) is 64.7 Å². The summed E-state index contributed by atoms with van der Waals surface area (Å²) in [5, 5.41) is 0. The van der Waals surface area contributed by atoms with Crippen molar-refractivity contribution in [3.8, 4) is 5.75 Å². The first-order valence-electron chi connectivity index (χ1n) is 5.78. The zero-order valence-electron chi connectivity index (χ0n) is 10.6. The molecule has 8 heteroatoms. The molecule has 2 nitrogen and oxygen atoms in total. The maximum Gasteiger partial charge on any atom is 0.315 e. The van der Waals surface area contributed by atoms with E-state index >= 15 is 0 Å². The third kappa shape index (κ3) is 2.90. The van der Waals surface area contributed by atoms with Gasteiger partial charge in [-0.15, -0.1) is 0 Å². The number of rotatable bonds is 3. The number of esters is 1. The van der Waals surface area contributed by atoms with Gasteiger partial charge < -0.3 is 4.74 Å². The molecule has 0 spiro atoms. The summed E-state index contributed by atoms with van der Waals surface area (Å²) in [6.45, 7) is 0. The molecule has 2 rings (SSSR count). The van der Waals surface area contributed by atoms with Crippen LogP contribution in [0.1, 0.15) is 5.56 Å². The smallest absolute Gasteiger partial charge is 0.315 e. The fourth-order valence-corrected chi connectivity index (χ4v) is 1.62. The van der Waals surface area contributed by atoms with E-state index in [2.05, 4.69) is 4.74 Å². The van der Waals surface area contributed by atoms with E-state index in [0.29, 0.717) is 0 Å². The van der Waals surface area contributed by atoms with E-state index < -0.39 is 53.0 Å². The van der Waals surface area contributed by atoms with Gasteiger partial charge in [0, 0.05) is 0 Å². The van der Waals surface area contributed by atoms with Crippen molar-refractivity contribution in [2.24, 2.45) is 0 Å². The van der Waals surface area contributed by atoms with Crippen LogP contribution in [-0.4, -0.2) is 5.97 Å². The Hall–Kier alpha value is -2.51. The van der Waals surface area contributed by atoms with Gasteiger partial charge in [0.25, 0.3) is 0 Å². The zero-order valence-corrected chi connectivity index (χ0v) is 10.6. The summed E-state index contributed by atoms with van der Waals surface area (Å²) in [6.07, 6.45) is -0.744. The van der Waals surface area contributed by atoms with Gasteiger partial charge in [-0.05, 0) is 11.6 Å². The molecule has 0 aliphatic carbocycles. The molecule has 22 heavy (non-hydrogen) atoms. The lowest BCUT2D eigenvalue weighted by atomic mass is 10.1. The molecule has 0 saturated carbocycles. The van der Waals surface area contributed by atoms with E-state index in [1.165, 1.54) is 18.2 Å². The number of hydrogen-bond acceptors (Lipinski definition) is 2.